The Bertz CT molecular complexity index is 1160. The zero-order chi connectivity index (χ0) is 22.2. The summed E-state index contributed by atoms with van der Waals surface area (Å²) in [5, 5.41) is 9.46. The van der Waals surface area contributed by atoms with Crippen molar-refractivity contribution in [1.29, 1.82) is 5.26 Å². The highest BCUT2D eigenvalue weighted by Gasteiger charge is 2.30. The zero-order valence-electron chi connectivity index (χ0n) is 17.9. The van der Waals surface area contributed by atoms with Gasteiger partial charge in [0.25, 0.3) is 0 Å². The summed E-state index contributed by atoms with van der Waals surface area (Å²) in [5.74, 6) is 0.345. The lowest BCUT2D eigenvalue weighted by atomic mass is 10.1. The molecule has 0 N–H and O–H groups in total. The number of hydrogen-bond donors (Lipinski definition) is 0. The van der Waals surface area contributed by atoms with Crippen molar-refractivity contribution in [3.8, 4) is 17.2 Å². The first-order valence-electron chi connectivity index (χ1n) is 10.4. The highest BCUT2D eigenvalue weighted by Crippen LogP contribution is 2.31. The summed E-state index contributed by atoms with van der Waals surface area (Å²) in [7, 11) is 0. The van der Waals surface area contributed by atoms with Gasteiger partial charge in [-0.25, -0.2) is 9.78 Å². The third kappa shape index (κ3) is 4.67. The van der Waals surface area contributed by atoms with E-state index >= 15 is 0 Å². The van der Waals surface area contributed by atoms with Crippen molar-refractivity contribution in [2.75, 3.05) is 13.1 Å². The molecule has 6 nitrogen and oxygen atoms in total. The number of ether oxygens (including phenoxy) is 1. The van der Waals surface area contributed by atoms with Crippen molar-refractivity contribution in [1.82, 2.24) is 14.5 Å². The Labute approximate surface area is 187 Å². The number of benzene rings is 1. The van der Waals surface area contributed by atoms with Crippen molar-refractivity contribution < 1.29 is 9.53 Å². The molecule has 1 aliphatic rings. The average molecular weight is 437 g/mol. The van der Waals surface area contributed by atoms with Gasteiger partial charge in [0.1, 0.15) is 10.8 Å². The number of fused-ring (bicyclic) bond motifs is 1. The second-order valence-electron chi connectivity index (χ2n) is 8.97. The highest BCUT2D eigenvalue weighted by atomic mass is 35.5. The fourth-order valence-corrected chi connectivity index (χ4v) is 4.18. The normalized spacial score (nSPS) is 16.5. The smallest absolute Gasteiger partial charge is 0.410 e. The van der Waals surface area contributed by atoms with Crippen LogP contribution in [0.2, 0.25) is 5.15 Å². The van der Waals surface area contributed by atoms with E-state index < -0.39 is 5.60 Å². The van der Waals surface area contributed by atoms with Gasteiger partial charge in [0.05, 0.1) is 22.7 Å². The maximum Gasteiger partial charge on any atom is 0.410 e. The molecule has 0 unspecified atom stereocenters. The number of aromatic nitrogens is 2. The predicted molar refractivity (Wildman–Crippen MR) is 121 cm³/mol. The SMILES string of the molecule is CC(C)(C)OC(=O)N1CC[C@H](Cn2ccc3nc(Cl)c(-c4ccc(C#N)cc4)cc32)C1. The topological polar surface area (TPSA) is 71.2 Å². The van der Waals surface area contributed by atoms with E-state index in [4.69, 9.17) is 21.6 Å². The minimum Gasteiger partial charge on any atom is -0.444 e. The van der Waals surface area contributed by atoms with Crippen LogP contribution in [0.15, 0.2) is 42.6 Å². The summed E-state index contributed by atoms with van der Waals surface area (Å²) < 4.78 is 7.68. The highest BCUT2D eigenvalue weighted by molar-refractivity contribution is 6.32. The Morgan fingerprint density at radius 2 is 2.03 bits per heavy atom. The van der Waals surface area contributed by atoms with E-state index in [2.05, 4.69) is 15.6 Å². The molecule has 3 heterocycles. The van der Waals surface area contributed by atoms with Crippen LogP contribution in [0, 0.1) is 17.2 Å². The van der Waals surface area contributed by atoms with Crippen LogP contribution in [0.25, 0.3) is 22.2 Å². The second-order valence-corrected chi connectivity index (χ2v) is 9.33. The molecule has 0 saturated carbocycles. The molecular formula is C24H25ClN4O2. The number of nitrogens with zero attached hydrogens (tertiary/aromatic N) is 4. The van der Waals surface area contributed by atoms with E-state index in [1.54, 1.807) is 17.0 Å². The van der Waals surface area contributed by atoms with Gasteiger partial charge >= 0.3 is 6.09 Å². The minimum absolute atomic E-state index is 0.246. The van der Waals surface area contributed by atoms with Crippen molar-refractivity contribution in [3.63, 3.8) is 0 Å². The molecule has 3 aromatic rings. The molecule has 1 aliphatic heterocycles. The van der Waals surface area contributed by atoms with Crippen LogP contribution in [0.3, 0.4) is 0 Å². The molecule has 160 valence electrons. The molecule has 0 bridgehead atoms. The lowest BCUT2D eigenvalue weighted by Crippen LogP contribution is -2.35. The summed E-state index contributed by atoms with van der Waals surface area (Å²) in [6, 6.07) is 13.5. The van der Waals surface area contributed by atoms with E-state index in [0.717, 1.165) is 35.1 Å². The van der Waals surface area contributed by atoms with Crippen LogP contribution in [0.1, 0.15) is 32.8 Å². The molecule has 1 atom stereocenters. The number of hydrogen-bond acceptors (Lipinski definition) is 4. The standard InChI is InChI=1S/C24H25ClN4O2/c1-24(2,3)31-23(30)29-10-8-17(15-29)14-28-11-9-20-21(28)12-19(22(25)27-20)18-6-4-16(13-26)5-7-18/h4-7,9,11-12,17H,8,10,14-15H2,1-3H3/t17-/m1/s1. The molecule has 1 aromatic carbocycles. The van der Waals surface area contributed by atoms with Crippen molar-refractivity contribution in [3.05, 3.63) is 53.3 Å². The number of rotatable bonds is 3. The molecule has 1 amide bonds. The summed E-state index contributed by atoms with van der Waals surface area (Å²) in [4.78, 5) is 18.7. The van der Waals surface area contributed by atoms with Gasteiger partial charge in [0.15, 0.2) is 0 Å². The van der Waals surface area contributed by atoms with Gasteiger partial charge in [-0.05, 0) is 62.9 Å². The van der Waals surface area contributed by atoms with E-state index in [1.165, 1.54) is 0 Å². The molecular weight excluding hydrogens is 412 g/mol. The number of nitriles is 1. The van der Waals surface area contributed by atoms with E-state index in [9.17, 15) is 4.79 Å². The predicted octanol–water partition coefficient (Wildman–Crippen LogP) is 5.49. The molecule has 1 saturated heterocycles. The van der Waals surface area contributed by atoms with Crippen LogP contribution >= 0.6 is 11.6 Å². The Hall–Kier alpha value is -3.04. The van der Waals surface area contributed by atoms with Gasteiger partial charge in [0, 0.05) is 31.4 Å². The molecule has 1 fully saturated rings. The number of amides is 1. The van der Waals surface area contributed by atoms with Crippen LogP contribution < -0.4 is 0 Å². The first kappa shape index (κ1) is 21.2. The Morgan fingerprint density at radius 3 is 2.71 bits per heavy atom. The number of likely N-dealkylation sites (tertiary alicyclic amines) is 1. The summed E-state index contributed by atoms with van der Waals surface area (Å²) in [5.41, 5.74) is 3.71. The third-order valence-electron chi connectivity index (χ3n) is 5.42. The van der Waals surface area contributed by atoms with Gasteiger partial charge in [-0.15, -0.1) is 0 Å². The maximum atomic E-state index is 12.4. The number of carbonyl (C=O) groups excluding carboxylic acids is 1. The van der Waals surface area contributed by atoms with Gasteiger partial charge in [-0.3, -0.25) is 0 Å². The fraction of sp³-hybridized carbons (Fsp3) is 0.375. The zero-order valence-corrected chi connectivity index (χ0v) is 18.7. The summed E-state index contributed by atoms with van der Waals surface area (Å²) in [6.45, 7) is 7.83. The number of pyridine rings is 1. The lowest BCUT2D eigenvalue weighted by molar-refractivity contribution is 0.0287. The monoisotopic (exact) mass is 436 g/mol. The molecule has 4 rings (SSSR count). The van der Waals surface area contributed by atoms with E-state index in [1.807, 2.05) is 51.2 Å². The Morgan fingerprint density at radius 1 is 1.29 bits per heavy atom. The van der Waals surface area contributed by atoms with Crippen LogP contribution in [0.5, 0.6) is 0 Å². The minimum atomic E-state index is -0.488. The van der Waals surface area contributed by atoms with Crippen LogP contribution in [-0.4, -0.2) is 39.2 Å². The van der Waals surface area contributed by atoms with Crippen molar-refractivity contribution >= 4 is 28.7 Å². The first-order valence-corrected chi connectivity index (χ1v) is 10.7. The first-order chi connectivity index (χ1) is 14.7. The Balaban J connectivity index is 1.54. The number of carbonyl (C=O) groups is 1. The Kier molecular flexibility index (Phi) is 5.63. The largest absolute Gasteiger partial charge is 0.444 e. The molecule has 2 aromatic heterocycles. The molecule has 0 radical (unpaired) electrons. The quantitative estimate of drug-likeness (QED) is 0.509. The fourth-order valence-electron chi connectivity index (χ4n) is 3.93. The third-order valence-corrected chi connectivity index (χ3v) is 5.71. The van der Waals surface area contributed by atoms with Gasteiger partial charge in [0.2, 0.25) is 0 Å². The van der Waals surface area contributed by atoms with Gasteiger partial charge in [-0.1, -0.05) is 23.7 Å². The summed E-state index contributed by atoms with van der Waals surface area (Å²) in [6.07, 6.45) is 2.71. The molecule has 0 spiro atoms. The van der Waals surface area contributed by atoms with Gasteiger partial charge < -0.3 is 14.2 Å². The average Bonchev–Trinajstić information content (AvgIpc) is 3.34. The van der Waals surface area contributed by atoms with Crippen molar-refractivity contribution in [2.24, 2.45) is 5.92 Å². The molecule has 7 heteroatoms. The molecule has 31 heavy (non-hydrogen) atoms. The van der Waals surface area contributed by atoms with Crippen LogP contribution in [-0.2, 0) is 11.3 Å². The van der Waals surface area contributed by atoms with Gasteiger partial charge in [-0.2, -0.15) is 5.26 Å². The maximum absolute atomic E-state index is 12.4. The number of halogens is 1. The lowest BCUT2D eigenvalue weighted by Gasteiger charge is -2.24. The van der Waals surface area contributed by atoms with Crippen LogP contribution in [0.4, 0.5) is 4.79 Å². The van der Waals surface area contributed by atoms with E-state index in [0.29, 0.717) is 29.7 Å². The second kappa shape index (κ2) is 8.24. The van der Waals surface area contributed by atoms with E-state index in [-0.39, 0.29) is 6.09 Å². The summed E-state index contributed by atoms with van der Waals surface area (Å²) >= 11 is 6.45. The molecule has 0 aliphatic carbocycles. The van der Waals surface area contributed by atoms with Crippen molar-refractivity contribution in [2.45, 2.75) is 39.3 Å².